The van der Waals surface area contributed by atoms with Gasteiger partial charge in [-0.05, 0) is 55.7 Å². The number of fused-ring (bicyclic) bond motifs is 1. The minimum absolute atomic E-state index is 0.0661. The molecular weight excluding hydrogens is 384 g/mol. The maximum Gasteiger partial charge on any atom is 0.197 e. The van der Waals surface area contributed by atoms with Gasteiger partial charge in [0.05, 0.1) is 18.0 Å². The number of aryl methyl sites for hydroxylation is 2. The fourth-order valence-electron chi connectivity index (χ4n) is 2.95. The van der Waals surface area contributed by atoms with Gasteiger partial charge in [0.15, 0.2) is 17.1 Å². The molecule has 3 rings (SSSR count). The van der Waals surface area contributed by atoms with Gasteiger partial charge in [0.1, 0.15) is 11.5 Å². The number of ketones is 1. The number of furan rings is 1. The van der Waals surface area contributed by atoms with Crippen LogP contribution in [-0.2, 0) is 5.33 Å². The lowest BCUT2D eigenvalue weighted by molar-refractivity contribution is 0.103. The van der Waals surface area contributed by atoms with Crippen molar-refractivity contribution < 1.29 is 19.1 Å². The highest BCUT2D eigenvalue weighted by atomic mass is 79.9. The molecule has 1 aromatic heterocycles. The second-order valence-electron chi connectivity index (χ2n) is 6.09. The maximum atomic E-state index is 13.2. The van der Waals surface area contributed by atoms with Crippen LogP contribution in [-0.4, -0.2) is 18.0 Å². The van der Waals surface area contributed by atoms with E-state index < -0.39 is 0 Å². The zero-order chi connectivity index (χ0) is 18.3. The van der Waals surface area contributed by atoms with E-state index in [-0.39, 0.29) is 11.5 Å². The van der Waals surface area contributed by atoms with Crippen LogP contribution in [0.15, 0.2) is 28.7 Å². The summed E-state index contributed by atoms with van der Waals surface area (Å²) in [6.07, 6.45) is 0. The molecule has 25 heavy (non-hydrogen) atoms. The Kier molecular flexibility index (Phi) is 4.60. The van der Waals surface area contributed by atoms with Crippen LogP contribution in [0.1, 0.15) is 38.4 Å². The van der Waals surface area contributed by atoms with Gasteiger partial charge in [0, 0.05) is 10.9 Å². The second-order valence-corrected chi connectivity index (χ2v) is 6.65. The molecule has 0 aliphatic carbocycles. The molecule has 4 nitrogen and oxygen atoms in total. The number of aromatic hydroxyl groups is 1. The van der Waals surface area contributed by atoms with Gasteiger partial charge in [0.2, 0.25) is 0 Å². The predicted octanol–water partition coefficient (Wildman–Crippen LogP) is 5.20. The first-order valence-corrected chi connectivity index (χ1v) is 9.01. The molecule has 130 valence electrons. The maximum absolute atomic E-state index is 13.2. The summed E-state index contributed by atoms with van der Waals surface area (Å²) in [7, 11) is 1.59. The SMILES string of the molecule is COc1cc(C(=O)c2c(CBr)oc3c(O)c(C)ccc23)cc(C)c1C. The Balaban J connectivity index is 2.24. The molecule has 0 radical (unpaired) electrons. The van der Waals surface area contributed by atoms with E-state index in [1.807, 2.05) is 26.0 Å². The van der Waals surface area contributed by atoms with Crippen molar-refractivity contribution in [3.8, 4) is 11.5 Å². The van der Waals surface area contributed by atoms with E-state index >= 15 is 0 Å². The van der Waals surface area contributed by atoms with Crippen LogP contribution < -0.4 is 4.74 Å². The van der Waals surface area contributed by atoms with Crippen molar-refractivity contribution in [2.24, 2.45) is 0 Å². The van der Waals surface area contributed by atoms with Crippen molar-refractivity contribution in [2.75, 3.05) is 7.11 Å². The average molecular weight is 403 g/mol. The summed E-state index contributed by atoms with van der Waals surface area (Å²) in [6, 6.07) is 7.19. The third kappa shape index (κ3) is 2.82. The van der Waals surface area contributed by atoms with Gasteiger partial charge in [-0.3, -0.25) is 4.79 Å². The van der Waals surface area contributed by atoms with Crippen LogP contribution in [0, 0.1) is 20.8 Å². The van der Waals surface area contributed by atoms with Crippen LogP contribution in [0.4, 0.5) is 0 Å². The molecule has 0 saturated heterocycles. The Morgan fingerprint density at radius 1 is 1.20 bits per heavy atom. The van der Waals surface area contributed by atoms with E-state index in [1.165, 1.54) is 0 Å². The molecule has 0 spiro atoms. The number of carbonyl (C=O) groups excluding carboxylic acids is 1. The van der Waals surface area contributed by atoms with E-state index in [0.717, 1.165) is 11.1 Å². The number of ether oxygens (including phenoxy) is 1. The molecular formula is C20H19BrO4. The quantitative estimate of drug-likeness (QED) is 0.481. The lowest BCUT2D eigenvalue weighted by Crippen LogP contribution is -2.05. The van der Waals surface area contributed by atoms with E-state index in [0.29, 0.717) is 44.5 Å². The van der Waals surface area contributed by atoms with Crippen molar-refractivity contribution >= 4 is 32.7 Å². The van der Waals surface area contributed by atoms with Crippen LogP contribution in [0.25, 0.3) is 11.0 Å². The minimum atomic E-state index is -0.155. The molecule has 0 aliphatic rings. The molecule has 3 aromatic rings. The summed E-state index contributed by atoms with van der Waals surface area (Å²) in [4.78, 5) is 13.2. The second kappa shape index (κ2) is 6.56. The lowest BCUT2D eigenvalue weighted by atomic mass is 9.96. The predicted molar refractivity (Wildman–Crippen MR) is 101 cm³/mol. The van der Waals surface area contributed by atoms with Gasteiger partial charge >= 0.3 is 0 Å². The zero-order valence-electron chi connectivity index (χ0n) is 14.6. The molecule has 0 saturated carbocycles. The molecule has 5 heteroatoms. The molecule has 0 unspecified atom stereocenters. The summed E-state index contributed by atoms with van der Waals surface area (Å²) >= 11 is 3.37. The summed E-state index contributed by atoms with van der Waals surface area (Å²) in [6.45, 7) is 5.70. The number of methoxy groups -OCH3 is 1. The molecule has 1 heterocycles. The largest absolute Gasteiger partial charge is 0.504 e. The van der Waals surface area contributed by atoms with E-state index in [9.17, 15) is 9.90 Å². The third-order valence-electron chi connectivity index (χ3n) is 4.56. The lowest BCUT2D eigenvalue weighted by Gasteiger charge is -2.10. The fraction of sp³-hybridized carbons (Fsp3) is 0.250. The minimum Gasteiger partial charge on any atom is -0.504 e. The van der Waals surface area contributed by atoms with Crippen LogP contribution in [0.3, 0.4) is 0 Å². The number of halogens is 1. The molecule has 0 atom stereocenters. The molecule has 0 bridgehead atoms. The number of hydrogen-bond acceptors (Lipinski definition) is 4. The average Bonchev–Trinajstić information content (AvgIpc) is 2.99. The molecule has 0 fully saturated rings. The Morgan fingerprint density at radius 3 is 2.56 bits per heavy atom. The monoisotopic (exact) mass is 402 g/mol. The first-order valence-electron chi connectivity index (χ1n) is 7.88. The smallest absolute Gasteiger partial charge is 0.197 e. The molecule has 2 aromatic carbocycles. The first-order chi connectivity index (χ1) is 11.9. The summed E-state index contributed by atoms with van der Waals surface area (Å²) in [5.41, 5.74) is 4.03. The fourth-order valence-corrected chi connectivity index (χ4v) is 3.35. The number of rotatable bonds is 4. The van der Waals surface area contributed by atoms with Gasteiger partial charge in [-0.25, -0.2) is 0 Å². The number of carbonyl (C=O) groups is 1. The summed E-state index contributed by atoms with van der Waals surface area (Å²) in [5, 5.41) is 11.3. The van der Waals surface area contributed by atoms with Crippen molar-refractivity contribution in [3.63, 3.8) is 0 Å². The summed E-state index contributed by atoms with van der Waals surface area (Å²) in [5.74, 6) is 1.09. The number of phenolic OH excluding ortho intramolecular Hbond substituents is 1. The first kappa shape index (κ1) is 17.5. The Bertz CT molecular complexity index is 985. The highest BCUT2D eigenvalue weighted by Gasteiger charge is 2.24. The van der Waals surface area contributed by atoms with Gasteiger partial charge in [-0.1, -0.05) is 22.0 Å². The van der Waals surface area contributed by atoms with Gasteiger partial charge in [0.25, 0.3) is 0 Å². The van der Waals surface area contributed by atoms with Gasteiger partial charge in [-0.15, -0.1) is 0 Å². The number of hydrogen-bond donors (Lipinski definition) is 1. The highest BCUT2D eigenvalue weighted by molar-refractivity contribution is 9.08. The van der Waals surface area contributed by atoms with E-state index in [4.69, 9.17) is 9.15 Å². The standard InChI is InChI=1S/C20H19BrO4/c1-10-5-6-14-17(16(9-21)25-20(14)18(10)22)19(23)13-7-11(2)12(3)15(8-13)24-4/h5-8,22H,9H2,1-4H3. The van der Waals surface area contributed by atoms with Crippen LogP contribution >= 0.6 is 15.9 Å². The van der Waals surface area contributed by atoms with Crippen LogP contribution in [0.5, 0.6) is 11.5 Å². The molecule has 0 amide bonds. The highest BCUT2D eigenvalue weighted by Crippen LogP contribution is 2.37. The van der Waals surface area contributed by atoms with E-state index in [2.05, 4.69) is 15.9 Å². The molecule has 1 N–H and O–H groups in total. The van der Waals surface area contributed by atoms with Crippen molar-refractivity contribution in [1.29, 1.82) is 0 Å². The zero-order valence-corrected chi connectivity index (χ0v) is 16.2. The van der Waals surface area contributed by atoms with Crippen LogP contribution in [0.2, 0.25) is 0 Å². The van der Waals surface area contributed by atoms with Crippen molar-refractivity contribution in [1.82, 2.24) is 0 Å². The summed E-state index contributed by atoms with van der Waals surface area (Å²) < 4.78 is 11.2. The Hall–Kier alpha value is -2.27. The van der Waals surface area contributed by atoms with Crippen molar-refractivity contribution in [2.45, 2.75) is 26.1 Å². The van der Waals surface area contributed by atoms with E-state index in [1.54, 1.807) is 26.2 Å². The Labute approximate surface area is 154 Å². The number of phenols is 1. The van der Waals surface area contributed by atoms with Gasteiger partial charge in [-0.2, -0.15) is 0 Å². The number of benzene rings is 2. The topological polar surface area (TPSA) is 59.7 Å². The Morgan fingerprint density at radius 2 is 1.92 bits per heavy atom. The normalized spacial score (nSPS) is 11.1. The molecule has 0 aliphatic heterocycles. The van der Waals surface area contributed by atoms with Crippen molar-refractivity contribution in [3.05, 3.63) is 57.8 Å². The van der Waals surface area contributed by atoms with Gasteiger partial charge < -0.3 is 14.3 Å². The third-order valence-corrected chi connectivity index (χ3v) is 5.07. The number of alkyl halides is 1.